The lowest BCUT2D eigenvalue weighted by Crippen LogP contribution is -2.41. The van der Waals surface area contributed by atoms with E-state index >= 15 is 0 Å². The highest BCUT2D eigenvalue weighted by atomic mass is 32.2. The number of carboxylic acid groups (broad SMARTS) is 2. The quantitative estimate of drug-likeness (QED) is 0.401. The highest BCUT2D eigenvalue weighted by Gasteiger charge is 2.38. The molecule has 40 heavy (non-hydrogen) atoms. The second-order valence-electron chi connectivity index (χ2n) is 9.82. The number of anilines is 2. The van der Waals surface area contributed by atoms with Crippen LogP contribution in [-0.2, 0) is 14.8 Å². The van der Waals surface area contributed by atoms with Gasteiger partial charge < -0.3 is 20.0 Å². The van der Waals surface area contributed by atoms with E-state index in [1.165, 1.54) is 31.0 Å². The summed E-state index contributed by atoms with van der Waals surface area (Å²) >= 11 is 0. The molecule has 2 aliphatic heterocycles. The van der Waals surface area contributed by atoms with Crippen molar-refractivity contribution in [3.05, 3.63) is 53.3 Å². The summed E-state index contributed by atoms with van der Waals surface area (Å²) in [6, 6.07) is 8.12. The average Bonchev–Trinajstić information content (AvgIpc) is 3.38. The van der Waals surface area contributed by atoms with Crippen LogP contribution in [0.5, 0.6) is 0 Å². The minimum atomic E-state index is -5.08. The standard InChI is InChI=1S/C24H30FN3O4S.C2HF3O2/c1-17-6-7-19(25)13-23(17)33(31,32)26-20-8-9-22(21(14-20)24(29)30)28-12-4-5-18(16-28)15-27-10-2-3-11-27;3-2(4,5)1(6)7/h6-9,13-14,18,26H,2-5,10-12,15-16H2,1H3,(H,29,30);(H,6,7). The van der Waals surface area contributed by atoms with Crippen molar-refractivity contribution in [2.75, 3.05) is 42.3 Å². The van der Waals surface area contributed by atoms with E-state index in [9.17, 15) is 35.9 Å². The Morgan fingerprint density at radius 2 is 1.68 bits per heavy atom. The Morgan fingerprint density at radius 1 is 1.02 bits per heavy atom. The van der Waals surface area contributed by atoms with E-state index in [-0.39, 0.29) is 16.1 Å². The molecular weight excluding hydrogens is 558 g/mol. The number of sulfonamides is 1. The summed E-state index contributed by atoms with van der Waals surface area (Å²) in [5.74, 6) is -4.05. The van der Waals surface area contributed by atoms with Gasteiger partial charge in [0.05, 0.1) is 16.1 Å². The summed E-state index contributed by atoms with van der Waals surface area (Å²) in [6.45, 7) is 6.43. The first-order chi connectivity index (χ1) is 18.7. The highest BCUT2D eigenvalue weighted by molar-refractivity contribution is 7.92. The molecular formula is C26H31F4N3O6S. The van der Waals surface area contributed by atoms with Gasteiger partial charge in [0.15, 0.2) is 0 Å². The number of carbonyl (C=O) groups is 2. The number of hydrogen-bond acceptors (Lipinski definition) is 6. The number of halogens is 4. The van der Waals surface area contributed by atoms with Gasteiger partial charge in [-0.15, -0.1) is 0 Å². The molecule has 2 saturated heterocycles. The molecule has 0 saturated carbocycles. The average molecular weight is 590 g/mol. The van der Waals surface area contributed by atoms with Crippen LogP contribution in [0.25, 0.3) is 0 Å². The molecule has 2 fully saturated rings. The molecule has 2 aliphatic rings. The molecule has 0 aliphatic carbocycles. The number of hydrogen-bond donors (Lipinski definition) is 3. The molecule has 14 heteroatoms. The molecule has 1 atom stereocenters. The van der Waals surface area contributed by atoms with Crippen LogP contribution in [-0.4, -0.2) is 74.4 Å². The number of nitrogens with zero attached hydrogens (tertiary/aromatic N) is 2. The Balaban J connectivity index is 0.000000559. The number of aryl methyl sites for hydroxylation is 1. The van der Waals surface area contributed by atoms with Gasteiger partial charge in [0.1, 0.15) is 5.82 Å². The van der Waals surface area contributed by atoms with Crippen LogP contribution in [0.4, 0.5) is 28.9 Å². The van der Waals surface area contributed by atoms with E-state index in [0.29, 0.717) is 17.2 Å². The molecule has 0 amide bonds. The number of aromatic carboxylic acids is 1. The molecule has 2 aromatic carbocycles. The largest absolute Gasteiger partial charge is 0.490 e. The van der Waals surface area contributed by atoms with E-state index in [4.69, 9.17) is 9.90 Å². The lowest BCUT2D eigenvalue weighted by atomic mass is 9.96. The van der Waals surface area contributed by atoms with Crippen molar-refractivity contribution in [1.82, 2.24) is 4.90 Å². The van der Waals surface area contributed by atoms with Crippen LogP contribution >= 0.6 is 0 Å². The van der Waals surface area contributed by atoms with Gasteiger partial charge in [-0.2, -0.15) is 13.2 Å². The molecule has 0 aromatic heterocycles. The van der Waals surface area contributed by atoms with E-state index in [1.54, 1.807) is 19.1 Å². The third-order valence-corrected chi connectivity index (χ3v) is 8.26. The molecule has 0 bridgehead atoms. The molecule has 2 heterocycles. The Kier molecular flexibility index (Phi) is 10.0. The number of rotatable bonds is 7. The summed E-state index contributed by atoms with van der Waals surface area (Å²) in [5, 5.41) is 17.0. The predicted octanol–water partition coefficient (Wildman–Crippen LogP) is 4.58. The minimum Gasteiger partial charge on any atom is -0.478 e. The highest BCUT2D eigenvalue weighted by Crippen LogP contribution is 2.31. The fraction of sp³-hybridized carbons (Fsp3) is 0.462. The van der Waals surface area contributed by atoms with E-state index < -0.39 is 34.0 Å². The molecule has 9 nitrogen and oxygen atoms in total. The lowest BCUT2D eigenvalue weighted by Gasteiger charge is -2.36. The smallest absolute Gasteiger partial charge is 0.478 e. The molecule has 0 spiro atoms. The van der Waals surface area contributed by atoms with Gasteiger partial charge in [-0.25, -0.2) is 22.4 Å². The minimum absolute atomic E-state index is 0.0491. The van der Waals surface area contributed by atoms with Crippen molar-refractivity contribution in [3.63, 3.8) is 0 Å². The van der Waals surface area contributed by atoms with Crippen LogP contribution in [0.2, 0.25) is 0 Å². The number of alkyl halides is 3. The number of benzene rings is 2. The number of likely N-dealkylation sites (tertiary alicyclic amines) is 1. The van der Waals surface area contributed by atoms with Gasteiger partial charge in [-0.05, 0) is 87.5 Å². The maximum Gasteiger partial charge on any atom is 0.490 e. The Morgan fingerprint density at radius 3 is 2.27 bits per heavy atom. The van der Waals surface area contributed by atoms with Gasteiger partial charge in [0.2, 0.25) is 0 Å². The van der Waals surface area contributed by atoms with Crippen molar-refractivity contribution in [3.8, 4) is 0 Å². The molecule has 0 radical (unpaired) electrons. The van der Waals surface area contributed by atoms with Gasteiger partial charge in [0.25, 0.3) is 10.0 Å². The third kappa shape index (κ3) is 8.31. The van der Waals surface area contributed by atoms with Crippen LogP contribution in [0, 0.1) is 18.7 Å². The summed E-state index contributed by atoms with van der Waals surface area (Å²) in [5.41, 5.74) is 1.17. The second-order valence-corrected chi connectivity index (χ2v) is 11.5. The lowest BCUT2D eigenvalue weighted by molar-refractivity contribution is -0.192. The normalized spacial score (nSPS) is 18.1. The van der Waals surface area contributed by atoms with Gasteiger partial charge in [-0.1, -0.05) is 6.07 Å². The molecule has 3 N–H and O–H groups in total. The zero-order chi connectivity index (χ0) is 29.7. The maximum absolute atomic E-state index is 13.6. The van der Waals surface area contributed by atoms with E-state index in [1.807, 2.05) is 0 Å². The van der Waals surface area contributed by atoms with Crippen molar-refractivity contribution >= 4 is 33.3 Å². The number of carboxylic acids is 2. The van der Waals surface area contributed by atoms with Crippen LogP contribution in [0.15, 0.2) is 41.3 Å². The molecule has 2 aromatic rings. The van der Waals surface area contributed by atoms with E-state index in [2.05, 4.69) is 14.5 Å². The van der Waals surface area contributed by atoms with Crippen molar-refractivity contribution in [1.29, 1.82) is 0 Å². The van der Waals surface area contributed by atoms with Crippen molar-refractivity contribution < 1.29 is 45.8 Å². The van der Waals surface area contributed by atoms with Crippen LogP contribution in [0.3, 0.4) is 0 Å². The Bertz CT molecular complexity index is 1330. The monoisotopic (exact) mass is 589 g/mol. The molecule has 4 rings (SSSR count). The van der Waals surface area contributed by atoms with Gasteiger partial charge >= 0.3 is 18.1 Å². The number of nitrogens with one attached hydrogen (secondary N) is 1. The summed E-state index contributed by atoms with van der Waals surface area (Å²) in [6.07, 6.45) is -0.483. The SMILES string of the molecule is Cc1ccc(F)cc1S(=O)(=O)Nc1ccc(N2CCCC(CN3CCCC3)C2)c(C(=O)O)c1.O=C(O)C(F)(F)F. The molecule has 1 unspecified atom stereocenters. The first kappa shape index (κ1) is 31.1. The Labute approximate surface area is 229 Å². The van der Waals surface area contributed by atoms with Crippen LogP contribution < -0.4 is 9.62 Å². The Hall–Kier alpha value is -3.39. The maximum atomic E-state index is 13.6. The third-order valence-electron chi connectivity index (χ3n) is 6.74. The predicted molar refractivity (Wildman–Crippen MR) is 140 cm³/mol. The topological polar surface area (TPSA) is 127 Å². The summed E-state index contributed by atoms with van der Waals surface area (Å²) in [7, 11) is -4.07. The zero-order valence-corrected chi connectivity index (χ0v) is 22.6. The fourth-order valence-corrected chi connectivity index (χ4v) is 6.19. The van der Waals surface area contributed by atoms with Crippen molar-refractivity contribution in [2.45, 2.75) is 43.7 Å². The zero-order valence-electron chi connectivity index (χ0n) is 21.7. The van der Waals surface area contributed by atoms with Gasteiger partial charge in [0, 0.05) is 25.3 Å². The van der Waals surface area contributed by atoms with Crippen LogP contribution in [0.1, 0.15) is 41.6 Å². The molecule has 220 valence electrons. The number of piperidine rings is 1. The van der Waals surface area contributed by atoms with E-state index in [0.717, 1.165) is 51.6 Å². The fourth-order valence-electron chi connectivity index (χ4n) is 4.88. The second kappa shape index (κ2) is 12.9. The number of aliphatic carboxylic acids is 1. The van der Waals surface area contributed by atoms with Gasteiger partial charge in [-0.3, -0.25) is 4.72 Å². The first-order valence-corrected chi connectivity index (χ1v) is 14.1. The first-order valence-electron chi connectivity index (χ1n) is 12.6. The summed E-state index contributed by atoms with van der Waals surface area (Å²) in [4.78, 5) is 25.4. The summed E-state index contributed by atoms with van der Waals surface area (Å²) < 4.78 is 73.4. The van der Waals surface area contributed by atoms with Crippen molar-refractivity contribution in [2.24, 2.45) is 5.92 Å².